The highest BCUT2D eigenvalue weighted by Gasteiger charge is 2.11. The molecule has 0 radical (unpaired) electrons. The van der Waals surface area contributed by atoms with Gasteiger partial charge in [0, 0.05) is 17.4 Å². The molecule has 0 saturated heterocycles. The van der Waals surface area contributed by atoms with E-state index in [2.05, 4.69) is 27.4 Å². The van der Waals surface area contributed by atoms with Crippen LogP contribution < -0.4 is 11.1 Å². The Bertz CT molecular complexity index is 598. The largest absolute Gasteiger partial charge is 0.372 e. The lowest BCUT2D eigenvalue weighted by Crippen LogP contribution is -2.02. The second kappa shape index (κ2) is 4.27. The molecule has 18 heavy (non-hydrogen) atoms. The molecule has 0 unspecified atom stereocenters. The summed E-state index contributed by atoms with van der Waals surface area (Å²) >= 11 is 0. The van der Waals surface area contributed by atoms with Crippen LogP contribution in [0.4, 0.5) is 17.5 Å². The summed E-state index contributed by atoms with van der Waals surface area (Å²) in [5, 5.41) is 3.26. The van der Waals surface area contributed by atoms with E-state index in [-0.39, 0.29) is 5.95 Å². The fourth-order valence-corrected chi connectivity index (χ4v) is 1.97. The summed E-state index contributed by atoms with van der Waals surface area (Å²) in [5.41, 5.74) is 10.0. The minimum atomic E-state index is 0.271. The molecule has 92 valence electrons. The van der Waals surface area contributed by atoms with E-state index < -0.39 is 0 Å². The number of benzene rings is 1. The highest BCUT2D eigenvalue weighted by atomic mass is 16.5. The molecule has 5 heteroatoms. The molecule has 0 aliphatic carbocycles. The molecule has 0 atom stereocenters. The molecule has 2 aromatic rings. The van der Waals surface area contributed by atoms with Gasteiger partial charge in [0.25, 0.3) is 0 Å². The monoisotopic (exact) mass is 242 g/mol. The zero-order chi connectivity index (χ0) is 12.5. The Hall–Kier alpha value is -2.14. The van der Waals surface area contributed by atoms with Gasteiger partial charge >= 0.3 is 0 Å². The molecule has 1 aromatic carbocycles. The van der Waals surface area contributed by atoms with Crippen LogP contribution in [0, 0.1) is 6.92 Å². The fraction of sp³-hybridized carbons (Fsp3) is 0.231. The molecule has 5 nitrogen and oxygen atoms in total. The summed E-state index contributed by atoms with van der Waals surface area (Å²) in [7, 11) is 0. The van der Waals surface area contributed by atoms with Gasteiger partial charge in [0.05, 0.1) is 13.2 Å². The molecule has 0 amide bonds. The van der Waals surface area contributed by atoms with Crippen molar-refractivity contribution in [2.45, 2.75) is 20.1 Å². The summed E-state index contributed by atoms with van der Waals surface area (Å²) in [5.74, 6) is 1.01. The Morgan fingerprint density at radius 1 is 1.28 bits per heavy atom. The molecule has 0 bridgehead atoms. The number of hydrogen-bond acceptors (Lipinski definition) is 5. The van der Waals surface area contributed by atoms with Crippen LogP contribution in [0.25, 0.3) is 0 Å². The maximum atomic E-state index is 5.59. The molecule has 3 N–H and O–H groups in total. The summed E-state index contributed by atoms with van der Waals surface area (Å²) in [6.45, 7) is 3.32. The lowest BCUT2D eigenvalue weighted by molar-refractivity contribution is 0.134. The fourth-order valence-electron chi connectivity index (χ4n) is 1.97. The third kappa shape index (κ3) is 2.00. The van der Waals surface area contributed by atoms with Crippen molar-refractivity contribution >= 4 is 17.5 Å². The molecule has 1 aliphatic rings. The lowest BCUT2D eigenvalue weighted by atomic mass is 10.1. The normalized spacial score (nSPS) is 13.4. The van der Waals surface area contributed by atoms with Crippen LogP contribution in [0.5, 0.6) is 0 Å². The SMILES string of the molecule is Cc1cnc(N)nc1Nc1ccc2c(c1)COC2. The number of fused-ring (bicyclic) bond motifs is 1. The number of nitrogens with zero attached hydrogens (tertiary/aromatic N) is 2. The van der Waals surface area contributed by atoms with Crippen molar-refractivity contribution in [2.24, 2.45) is 0 Å². The van der Waals surface area contributed by atoms with Crippen LogP contribution in [0.3, 0.4) is 0 Å². The highest BCUT2D eigenvalue weighted by Crippen LogP contribution is 2.25. The number of anilines is 3. The molecule has 0 fully saturated rings. The Labute approximate surface area is 105 Å². The molecule has 3 rings (SSSR count). The number of aromatic nitrogens is 2. The number of rotatable bonds is 2. The molecular formula is C13H14N4O. The predicted octanol–water partition coefficient (Wildman–Crippen LogP) is 2.14. The van der Waals surface area contributed by atoms with Crippen molar-refractivity contribution in [2.75, 3.05) is 11.1 Å². The first-order valence-electron chi connectivity index (χ1n) is 5.78. The maximum absolute atomic E-state index is 5.59. The topological polar surface area (TPSA) is 73.1 Å². The second-order valence-electron chi connectivity index (χ2n) is 4.36. The van der Waals surface area contributed by atoms with E-state index in [1.807, 2.05) is 13.0 Å². The van der Waals surface area contributed by atoms with Gasteiger partial charge in [0.15, 0.2) is 0 Å². The first kappa shape index (κ1) is 11.0. The van der Waals surface area contributed by atoms with E-state index in [9.17, 15) is 0 Å². The van der Waals surface area contributed by atoms with Gasteiger partial charge in [0.1, 0.15) is 5.82 Å². The Morgan fingerprint density at radius 2 is 2.11 bits per heavy atom. The highest BCUT2D eigenvalue weighted by molar-refractivity contribution is 5.61. The molecule has 0 spiro atoms. The van der Waals surface area contributed by atoms with E-state index in [0.717, 1.165) is 17.1 Å². The van der Waals surface area contributed by atoms with Crippen molar-refractivity contribution in [3.63, 3.8) is 0 Å². The van der Waals surface area contributed by atoms with Gasteiger partial charge in [-0.25, -0.2) is 4.98 Å². The van der Waals surface area contributed by atoms with Gasteiger partial charge in [0.2, 0.25) is 5.95 Å². The van der Waals surface area contributed by atoms with Crippen molar-refractivity contribution in [1.29, 1.82) is 0 Å². The zero-order valence-electron chi connectivity index (χ0n) is 10.1. The smallest absolute Gasteiger partial charge is 0.221 e. The molecule has 1 aromatic heterocycles. The van der Waals surface area contributed by atoms with Crippen molar-refractivity contribution in [3.05, 3.63) is 41.1 Å². The third-order valence-corrected chi connectivity index (χ3v) is 2.97. The summed E-state index contributed by atoms with van der Waals surface area (Å²) in [6, 6.07) is 6.18. The van der Waals surface area contributed by atoms with E-state index >= 15 is 0 Å². The quantitative estimate of drug-likeness (QED) is 0.844. The Balaban J connectivity index is 1.90. The van der Waals surface area contributed by atoms with Crippen LogP contribution in [0.15, 0.2) is 24.4 Å². The first-order valence-corrected chi connectivity index (χ1v) is 5.78. The summed E-state index contributed by atoms with van der Waals surface area (Å²) in [6.07, 6.45) is 1.71. The molecule has 2 heterocycles. The summed E-state index contributed by atoms with van der Waals surface area (Å²) in [4.78, 5) is 8.13. The van der Waals surface area contributed by atoms with Gasteiger partial charge < -0.3 is 15.8 Å². The van der Waals surface area contributed by atoms with Gasteiger partial charge in [-0.05, 0) is 30.2 Å². The number of nitrogens with two attached hydrogens (primary N) is 1. The van der Waals surface area contributed by atoms with E-state index in [1.54, 1.807) is 6.20 Å². The van der Waals surface area contributed by atoms with Gasteiger partial charge in [-0.3, -0.25) is 0 Å². The number of nitrogen functional groups attached to an aromatic ring is 1. The van der Waals surface area contributed by atoms with E-state index in [4.69, 9.17) is 10.5 Å². The molecule has 1 aliphatic heterocycles. The minimum absolute atomic E-state index is 0.271. The number of ether oxygens (including phenoxy) is 1. The van der Waals surface area contributed by atoms with E-state index in [0.29, 0.717) is 13.2 Å². The molecule has 0 saturated carbocycles. The molecular weight excluding hydrogens is 228 g/mol. The van der Waals surface area contributed by atoms with Crippen LogP contribution in [-0.4, -0.2) is 9.97 Å². The minimum Gasteiger partial charge on any atom is -0.372 e. The standard InChI is InChI=1S/C13H14N4O/c1-8-5-15-13(14)17-12(8)16-11-3-2-9-6-18-7-10(9)4-11/h2-5H,6-7H2,1H3,(H3,14,15,16,17). The number of hydrogen-bond donors (Lipinski definition) is 2. The third-order valence-electron chi connectivity index (χ3n) is 2.97. The maximum Gasteiger partial charge on any atom is 0.221 e. The van der Waals surface area contributed by atoms with Crippen LogP contribution in [-0.2, 0) is 18.0 Å². The van der Waals surface area contributed by atoms with Crippen molar-refractivity contribution < 1.29 is 4.74 Å². The predicted molar refractivity (Wildman–Crippen MR) is 69.4 cm³/mol. The van der Waals surface area contributed by atoms with Gasteiger partial charge in [-0.1, -0.05) is 6.07 Å². The van der Waals surface area contributed by atoms with Crippen molar-refractivity contribution in [3.8, 4) is 0 Å². The Morgan fingerprint density at radius 3 is 3.00 bits per heavy atom. The number of aryl methyl sites for hydroxylation is 1. The second-order valence-corrected chi connectivity index (χ2v) is 4.36. The Kier molecular flexibility index (Phi) is 2.60. The van der Waals surface area contributed by atoms with Gasteiger partial charge in [-0.2, -0.15) is 4.98 Å². The first-order chi connectivity index (χ1) is 8.72. The van der Waals surface area contributed by atoms with Crippen LogP contribution in [0.1, 0.15) is 16.7 Å². The lowest BCUT2D eigenvalue weighted by Gasteiger charge is -2.09. The van der Waals surface area contributed by atoms with E-state index in [1.165, 1.54) is 11.1 Å². The van der Waals surface area contributed by atoms with Crippen LogP contribution in [0.2, 0.25) is 0 Å². The van der Waals surface area contributed by atoms with Crippen molar-refractivity contribution in [1.82, 2.24) is 9.97 Å². The average Bonchev–Trinajstić information content (AvgIpc) is 2.81. The van der Waals surface area contributed by atoms with Crippen LogP contribution >= 0.6 is 0 Å². The number of nitrogens with one attached hydrogen (secondary N) is 1. The van der Waals surface area contributed by atoms with Gasteiger partial charge in [-0.15, -0.1) is 0 Å². The average molecular weight is 242 g/mol. The zero-order valence-corrected chi connectivity index (χ0v) is 10.1. The summed E-state index contributed by atoms with van der Waals surface area (Å²) < 4.78 is 5.39.